The minimum atomic E-state index is 0. The fraction of sp³-hybridized carbons (Fsp3) is 0.333. The molecule has 0 atom stereocenters. The lowest BCUT2D eigenvalue weighted by Crippen LogP contribution is -2.35. The average Bonchev–Trinajstić information content (AvgIpc) is 2.44. The van der Waals surface area contributed by atoms with Gasteiger partial charge in [0.25, 0.3) is 0 Å². The topological polar surface area (TPSA) is 21.3 Å². The lowest BCUT2D eigenvalue weighted by molar-refractivity contribution is 0.300. The Balaban J connectivity index is 0.00000242. The average molecular weight is 385 g/mol. The third-order valence-electron chi connectivity index (χ3n) is 3.07. The van der Waals surface area contributed by atoms with Crippen molar-refractivity contribution in [3.05, 3.63) is 64.1 Å². The van der Waals surface area contributed by atoms with Crippen LogP contribution in [-0.4, -0.2) is 5.54 Å². The Bertz CT molecular complexity index is 581. The van der Waals surface area contributed by atoms with Gasteiger partial charge in [0.2, 0.25) is 0 Å². The zero-order valence-corrected chi connectivity index (χ0v) is 15.6. The van der Waals surface area contributed by atoms with Crippen LogP contribution in [-0.2, 0) is 13.2 Å². The second-order valence-corrected chi connectivity index (χ2v) is 7.05. The van der Waals surface area contributed by atoms with E-state index in [1.54, 1.807) is 0 Å². The standard InChI is InChI=1S/C18H22BrNO.ClH/c1-18(2,3)20-12-15-11-16(19)9-10-17(15)21-13-14-7-5-4-6-8-14;/h4-11,20H,12-13H2,1-3H3;1H. The molecule has 1 N–H and O–H groups in total. The molecule has 4 heteroatoms. The second kappa shape index (κ2) is 8.56. The van der Waals surface area contributed by atoms with Crippen molar-refractivity contribution in [1.82, 2.24) is 5.32 Å². The molecule has 0 aromatic heterocycles. The molecule has 0 radical (unpaired) electrons. The van der Waals surface area contributed by atoms with E-state index in [0.29, 0.717) is 6.61 Å². The summed E-state index contributed by atoms with van der Waals surface area (Å²) in [5.41, 5.74) is 2.42. The molecular formula is C18H23BrClNO. The number of ether oxygens (including phenoxy) is 1. The molecule has 0 spiro atoms. The molecule has 0 fully saturated rings. The molecule has 22 heavy (non-hydrogen) atoms. The van der Waals surface area contributed by atoms with Crippen LogP contribution in [0.4, 0.5) is 0 Å². The van der Waals surface area contributed by atoms with E-state index in [4.69, 9.17) is 4.74 Å². The van der Waals surface area contributed by atoms with Gasteiger partial charge in [-0.3, -0.25) is 0 Å². The van der Waals surface area contributed by atoms with E-state index in [9.17, 15) is 0 Å². The maximum absolute atomic E-state index is 5.98. The fourth-order valence-electron chi connectivity index (χ4n) is 1.92. The fourth-order valence-corrected chi connectivity index (χ4v) is 2.33. The minimum Gasteiger partial charge on any atom is -0.489 e. The van der Waals surface area contributed by atoms with Crippen LogP contribution in [0.15, 0.2) is 53.0 Å². The Morgan fingerprint density at radius 1 is 1.05 bits per heavy atom. The van der Waals surface area contributed by atoms with E-state index >= 15 is 0 Å². The second-order valence-electron chi connectivity index (χ2n) is 6.13. The summed E-state index contributed by atoms with van der Waals surface area (Å²) >= 11 is 3.53. The largest absolute Gasteiger partial charge is 0.489 e. The molecule has 2 aromatic rings. The van der Waals surface area contributed by atoms with Crippen LogP contribution >= 0.6 is 28.3 Å². The van der Waals surface area contributed by atoms with Crippen LogP contribution in [0.1, 0.15) is 31.9 Å². The summed E-state index contributed by atoms with van der Waals surface area (Å²) in [6, 6.07) is 16.4. The first-order valence-corrected chi connectivity index (χ1v) is 7.93. The number of nitrogens with one attached hydrogen (secondary N) is 1. The van der Waals surface area contributed by atoms with Crippen LogP contribution in [0, 0.1) is 0 Å². The highest BCUT2D eigenvalue weighted by atomic mass is 79.9. The highest BCUT2D eigenvalue weighted by Crippen LogP contribution is 2.24. The molecular weight excluding hydrogens is 362 g/mol. The monoisotopic (exact) mass is 383 g/mol. The predicted molar refractivity (Wildman–Crippen MR) is 98.8 cm³/mol. The van der Waals surface area contributed by atoms with Crippen molar-refractivity contribution in [2.24, 2.45) is 0 Å². The van der Waals surface area contributed by atoms with E-state index in [0.717, 1.165) is 22.3 Å². The van der Waals surface area contributed by atoms with Crippen LogP contribution < -0.4 is 10.1 Å². The summed E-state index contributed by atoms with van der Waals surface area (Å²) < 4.78 is 7.05. The van der Waals surface area contributed by atoms with Gasteiger partial charge in [-0.1, -0.05) is 46.3 Å². The quantitative estimate of drug-likeness (QED) is 0.751. The van der Waals surface area contributed by atoms with Gasteiger partial charge in [0.1, 0.15) is 12.4 Å². The van der Waals surface area contributed by atoms with Gasteiger partial charge in [0, 0.05) is 22.1 Å². The molecule has 2 nitrogen and oxygen atoms in total. The van der Waals surface area contributed by atoms with Gasteiger partial charge in [0.05, 0.1) is 0 Å². The van der Waals surface area contributed by atoms with Gasteiger partial charge in [-0.2, -0.15) is 0 Å². The van der Waals surface area contributed by atoms with Gasteiger partial charge in [0.15, 0.2) is 0 Å². The molecule has 120 valence electrons. The number of halogens is 2. The molecule has 0 saturated carbocycles. The summed E-state index contributed by atoms with van der Waals surface area (Å²) in [5, 5.41) is 3.50. The van der Waals surface area contributed by atoms with Crippen molar-refractivity contribution in [2.75, 3.05) is 0 Å². The minimum absolute atomic E-state index is 0. The number of rotatable bonds is 5. The third-order valence-corrected chi connectivity index (χ3v) is 3.56. The van der Waals surface area contributed by atoms with Crippen molar-refractivity contribution in [1.29, 1.82) is 0 Å². The molecule has 2 aromatic carbocycles. The summed E-state index contributed by atoms with van der Waals surface area (Å²) in [6.07, 6.45) is 0. The molecule has 0 aliphatic rings. The molecule has 0 aliphatic heterocycles. The smallest absolute Gasteiger partial charge is 0.124 e. The van der Waals surface area contributed by atoms with Gasteiger partial charge >= 0.3 is 0 Å². The van der Waals surface area contributed by atoms with E-state index in [-0.39, 0.29) is 17.9 Å². The summed E-state index contributed by atoms with van der Waals surface area (Å²) in [4.78, 5) is 0. The van der Waals surface area contributed by atoms with Crippen LogP contribution in [0.3, 0.4) is 0 Å². The van der Waals surface area contributed by atoms with Gasteiger partial charge in [-0.05, 0) is 44.5 Å². The van der Waals surface area contributed by atoms with Gasteiger partial charge in [-0.15, -0.1) is 12.4 Å². The Labute approximate surface area is 147 Å². The molecule has 2 rings (SSSR count). The number of hydrogen-bond acceptors (Lipinski definition) is 2. The van der Waals surface area contributed by atoms with Crippen molar-refractivity contribution in [3.63, 3.8) is 0 Å². The van der Waals surface area contributed by atoms with Gasteiger partial charge < -0.3 is 10.1 Å². The Morgan fingerprint density at radius 2 is 1.73 bits per heavy atom. The first kappa shape index (κ1) is 19.0. The zero-order valence-electron chi connectivity index (χ0n) is 13.2. The summed E-state index contributed by atoms with van der Waals surface area (Å²) in [5.74, 6) is 0.929. The van der Waals surface area contributed by atoms with Crippen LogP contribution in [0.25, 0.3) is 0 Å². The summed E-state index contributed by atoms with van der Waals surface area (Å²) in [6.45, 7) is 7.86. The highest BCUT2D eigenvalue weighted by molar-refractivity contribution is 9.10. The number of hydrogen-bond donors (Lipinski definition) is 1. The van der Waals surface area contributed by atoms with E-state index in [2.05, 4.69) is 60.2 Å². The first-order valence-electron chi connectivity index (χ1n) is 7.14. The SMILES string of the molecule is CC(C)(C)NCc1cc(Br)ccc1OCc1ccccc1.Cl. The lowest BCUT2D eigenvalue weighted by Gasteiger charge is -2.22. The molecule has 0 amide bonds. The summed E-state index contributed by atoms with van der Waals surface area (Å²) in [7, 11) is 0. The van der Waals surface area contributed by atoms with Gasteiger partial charge in [-0.25, -0.2) is 0 Å². The third kappa shape index (κ3) is 6.39. The molecule has 0 bridgehead atoms. The normalized spacial score (nSPS) is 10.9. The van der Waals surface area contributed by atoms with Crippen molar-refractivity contribution in [2.45, 2.75) is 39.5 Å². The Hall–Kier alpha value is -1.03. The van der Waals surface area contributed by atoms with E-state index in [1.807, 2.05) is 30.3 Å². The zero-order chi connectivity index (χ0) is 15.3. The van der Waals surface area contributed by atoms with Crippen molar-refractivity contribution < 1.29 is 4.74 Å². The number of benzene rings is 2. The lowest BCUT2D eigenvalue weighted by atomic mass is 10.1. The highest BCUT2D eigenvalue weighted by Gasteiger charge is 2.11. The molecule has 0 unspecified atom stereocenters. The molecule has 0 aliphatic carbocycles. The van der Waals surface area contributed by atoms with E-state index in [1.165, 1.54) is 5.56 Å². The maximum atomic E-state index is 5.98. The maximum Gasteiger partial charge on any atom is 0.124 e. The van der Waals surface area contributed by atoms with Crippen molar-refractivity contribution >= 4 is 28.3 Å². The molecule has 0 heterocycles. The molecule has 0 saturated heterocycles. The van der Waals surface area contributed by atoms with Crippen LogP contribution in [0.5, 0.6) is 5.75 Å². The van der Waals surface area contributed by atoms with Crippen molar-refractivity contribution in [3.8, 4) is 5.75 Å². The van der Waals surface area contributed by atoms with Crippen LogP contribution in [0.2, 0.25) is 0 Å². The Morgan fingerprint density at radius 3 is 2.36 bits per heavy atom. The van der Waals surface area contributed by atoms with E-state index < -0.39 is 0 Å². The predicted octanol–water partition coefficient (Wildman–Crippen LogP) is 5.34. The Kier molecular flexibility index (Phi) is 7.40. The first-order chi connectivity index (χ1) is 9.94.